The number of fused-ring (bicyclic) bond motifs is 1. The Balaban J connectivity index is 1.96. The Morgan fingerprint density at radius 3 is 2.86 bits per heavy atom. The van der Waals surface area contributed by atoms with Crippen molar-refractivity contribution in [1.29, 1.82) is 0 Å². The second-order valence-electron chi connectivity index (χ2n) is 5.10. The first-order valence-corrected chi connectivity index (χ1v) is 7.71. The van der Waals surface area contributed by atoms with E-state index in [1.54, 1.807) is 7.11 Å². The van der Waals surface area contributed by atoms with Gasteiger partial charge in [0.25, 0.3) is 0 Å². The number of nitrogens with zero attached hydrogens (tertiary/aromatic N) is 1. The Kier molecular flexibility index (Phi) is 6.73. The molecule has 4 nitrogen and oxygen atoms in total. The molecule has 1 aromatic carbocycles. The summed E-state index contributed by atoms with van der Waals surface area (Å²) in [7, 11) is 1.70. The van der Waals surface area contributed by atoms with Crippen molar-refractivity contribution in [2.75, 3.05) is 33.5 Å². The second kappa shape index (κ2) is 8.82. The maximum absolute atomic E-state index is 5.53. The Hall–Kier alpha value is -1.36. The minimum absolute atomic E-state index is 0.666. The van der Waals surface area contributed by atoms with E-state index in [4.69, 9.17) is 9.47 Å². The molecule has 0 aliphatic heterocycles. The SMILES string of the molecule is CCNCc1cccc2ccn(CCCOCCOC)c12. The van der Waals surface area contributed by atoms with Crippen LogP contribution in [0.1, 0.15) is 18.9 Å². The van der Waals surface area contributed by atoms with Gasteiger partial charge in [-0.25, -0.2) is 0 Å². The van der Waals surface area contributed by atoms with Crippen LogP contribution >= 0.6 is 0 Å². The van der Waals surface area contributed by atoms with Gasteiger partial charge >= 0.3 is 0 Å². The summed E-state index contributed by atoms with van der Waals surface area (Å²) >= 11 is 0. The van der Waals surface area contributed by atoms with Crippen molar-refractivity contribution < 1.29 is 9.47 Å². The monoisotopic (exact) mass is 290 g/mol. The zero-order valence-corrected chi connectivity index (χ0v) is 13.1. The summed E-state index contributed by atoms with van der Waals surface area (Å²) in [6.45, 7) is 7.15. The maximum Gasteiger partial charge on any atom is 0.0700 e. The lowest BCUT2D eigenvalue weighted by Gasteiger charge is -2.10. The number of methoxy groups -OCH3 is 1. The number of hydrogen-bond acceptors (Lipinski definition) is 3. The van der Waals surface area contributed by atoms with Gasteiger partial charge in [-0.05, 0) is 30.0 Å². The van der Waals surface area contributed by atoms with Crippen LogP contribution in [0.3, 0.4) is 0 Å². The minimum atomic E-state index is 0.666. The topological polar surface area (TPSA) is 35.4 Å². The average Bonchev–Trinajstić information content (AvgIpc) is 2.92. The average molecular weight is 290 g/mol. The normalized spacial score (nSPS) is 11.3. The lowest BCUT2D eigenvalue weighted by atomic mass is 10.1. The van der Waals surface area contributed by atoms with Gasteiger partial charge in [0.15, 0.2) is 0 Å². The van der Waals surface area contributed by atoms with Crippen molar-refractivity contribution in [3.8, 4) is 0 Å². The molecule has 0 amide bonds. The first-order valence-electron chi connectivity index (χ1n) is 7.71. The highest BCUT2D eigenvalue weighted by atomic mass is 16.5. The summed E-state index contributed by atoms with van der Waals surface area (Å²) in [5.74, 6) is 0. The van der Waals surface area contributed by atoms with E-state index in [1.807, 2.05) is 0 Å². The highest BCUT2D eigenvalue weighted by molar-refractivity contribution is 5.83. The Bertz CT molecular complexity index is 537. The number of ether oxygens (including phenoxy) is 2. The van der Waals surface area contributed by atoms with E-state index >= 15 is 0 Å². The first-order chi connectivity index (χ1) is 10.4. The molecule has 4 heteroatoms. The van der Waals surface area contributed by atoms with E-state index < -0.39 is 0 Å². The van der Waals surface area contributed by atoms with Gasteiger partial charge in [0.1, 0.15) is 0 Å². The predicted molar refractivity (Wildman–Crippen MR) is 86.6 cm³/mol. The summed E-state index contributed by atoms with van der Waals surface area (Å²) in [5, 5.41) is 4.72. The molecule has 2 rings (SSSR count). The lowest BCUT2D eigenvalue weighted by molar-refractivity contribution is 0.0681. The maximum atomic E-state index is 5.53. The molecule has 116 valence electrons. The summed E-state index contributed by atoms with van der Waals surface area (Å²) in [6.07, 6.45) is 3.19. The third kappa shape index (κ3) is 4.56. The van der Waals surface area contributed by atoms with Gasteiger partial charge in [0.2, 0.25) is 0 Å². The molecule has 0 spiro atoms. The summed E-state index contributed by atoms with van der Waals surface area (Å²) in [5.41, 5.74) is 2.70. The molecule has 0 bridgehead atoms. The number of nitrogens with one attached hydrogen (secondary N) is 1. The Morgan fingerprint density at radius 2 is 2.05 bits per heavy atom. The quantitative estimate of drug-likeness (QED) is 0.683. The minimum Gasteiger partial charge on any atom is -0.382 e. The highest BCUT2D eigenvalue weighted by Gasteiger charge is 2.06. The molecule has 0 saturated carbocycles. The van der Waals surface area contributed by atoms with Crippen molar-refractivity contribution in [3.05, 3.63) is 36.0 Å². The van der Waals surface area contributed by atoms with E-state index in [9.17, 15) is 0 Å². The number of hydrogen-bond donors (Lipinski definition) is 1. The molecule has 0 fully saturated rings. The van der Waals surface area contributed by atoms with Crippen LogP contribution in [-0.2, 0) is 22.6 Å². The largest absolute Gasteiger partial charge is 0.382 e. The van der Waals surface area contributed by atoms with Gasteiger partial charge in [-0.2, -0.15) is 0 Å². The van der Waals surface area contributed by atoms with Crippen molar-refractivity contribution >= 4 is 10.9 Å². The van der Waals surface area contributed by atoms with Crippen LogP contribution in [0, 0.1) is 0 Å². The number of para-hydroxylation sites is 1. The molecule has 0 unspecified atom stereocenters. The Morgan fingerprint density at radius 1 is 1.14 bits per heavy atom. The number of benzene rings is 1. The van der Waals surface area contributed by atoms with E-state index in [0.29, 0.717) is 13.2 Å². The van der Waals surface area contributed by atoms with Gasteiger partial charge in [-0.15, -0.1) is 0 Å². The zero-order chi connectivity index (χ0) is 14.9. The van der Waals surface area contributed by atoms with Crippen LogP contribution in [0.15, 0.2) is 30.5 Å². The first kappa shape index (κ1) is 16.0. The van der Waals surface area contributed by atoms with Gasteiger partial charge in [0.05, 0.1) is 18.7 Å². The van der Waals surface area contributed by atoms with E-state index in [0.717, 1.165) is 32.7 Å². The number of rotatable bonds is 10. The van der Waals surface area contributed by atoms with Crippen LogP contribution in [-0.4, -0.2) is 38.0 Å². The van der Waals surface area contributed by atoms with Gasteiger partial charge in [-0.3, -0.25) is 0 Å². The van der Waals surface area contributed by atoms with Gasteiger partial charge < -0.3 is 19.4 Å². The van der Waals surface area contributed by atoms with Crippen molar-refractivity contribution in [3.63, 3.8) is 0 Å². The smallest absolute Gasteiger partial charge is 0.0700 e. The molecule has 0 radical (unpaired) electrons. The van der Waals surface area contributed by atoms with Crippen LogP contribution in [0.4, 0.5) is 0 Å². The third-order valence-electron chi connectivity index (χ3n) is 3.56. The molecule has 0 aliphatic carbocycles. The molecule has 1 aromatic heterocycles. The molecular weight excluding hydrogens is 264 g/mol. The number of aryl methyl sites for hydroxylation is 1. The molecule has 0 saturated heterocycles. The fourth-order valence-corrected chi connectivity index (χ4v) is 2.51. The lowest BCUT2D eigenvalue weighted by Crippen LogP contribution is -2.13. The van der Waals surface area contributed by atoms with Crippen molar-refractivity contribution in [1.82, 2.24) is 9.88 Å². The van der Waals surface area contributed by atoms with Gasteiger partial charge in [0, 0.05) is 33.0 Å². The highest BCUT2D eigenvalue weighted by Crippen LogP contribution is 2.20. The zero-order valence-electron chi connectivity index (χ0n) is 13.1. The second-order valence-corrected chi connectivity index (χ2v) is 5.10. The molecule has 1 heterocycles. The predicted octanol–water partition coefficient (Wildman–Crippen LogP) is 2.80. The van der Waals surface area contributed by atoms with E-state index in [-0.39, 0.29) is 0 Å². The van der Waals surface area contributed by atoms with Crippen molar-refractivity contribution in [2.45, 2.75) is 26.4 Å². The van der Waals surface area contributed by atoms with Crippen LogP contribution < -0.4 is 5.32 Å². The van der Waals surface area contributed by atoms with E-state index in [2.05, 4.69) is 47.3 Å². The molecule has 1 N–H and O–H groups in total. The standard InChI is InChI=1S/C17H26N2O2/c1-3-18-14-16-7-4-6-15-8-10-19(17(15)16)9-5-11-21-13-12-20-2/h4,6-8,10,18H,3,5,9,11-14H2,1-2H3. The molecule has 0 atom stereocenters. The van der Waals surface area contributed by atoms with Crippen LogP contribution in [0.25, 0.3) is 10.9 Å². The fraction of sp³-hybridized carbons (Fsp3) is 0.529. The third-order valence-corrected chi connectivity index (χ3v) is 3.56. The van der Waals surface area contributed by atoms with Crippen LogP contribution in [0.5, 0.6) is 0 Å². The van der Waals surface area contributed by atoms with Gasteiger partial charge in [-0.1, -0.05) is 25.1 Å². The molecule has 21 heavy (non-hydrogen) atoms. The van der Waals surface area contributed by atoms with E-state index in [1.165, 1.54) is 16.5 Å². The van der Waals surface area contributed by atoms with Crippen molar-refractivity contribution in [2.24, 2.45) is 0 Å². The Labute approximate surface area is 127 Å². The summed E-state index contributed by atoms with van der Waals surface area (Å²) < 4.78 is 12.8. The summed E-state index contributed by atoms with van der Waals surface area (Å²) in [6, 6.07) is 8.71. The molecule has 2 aromatic rings. The van der Waals surface area contributed by atoms with Crippen LogP contribution in [0.2, 0.25) is 0 Å². The molecule has 0 aliphatic rings. The molecular formula is C17H26N2O2. The fourth-order valence-electron chi connectivity index (χ4n) is 2.51. The summed E-state index contributed by atoms with van der Waals surface area (Å²) in [4.78, 5) is 0. The number of aromatic nitrogens is 1.